The first-order chi connectivity index (χ1) is 22.2. The molecule has 7 heteroatoms. The fourth-order valence-electron chi connectivity index (χ4n) is 5.50. The van der Waals surface area contributed by atoms with Crippen molar-refractivity contribution in [2.24, 2.45) is 0 Å². The smallest absolute Gasteiger partial charge is 0.253 e. The molecule has 3 aromatic carbocycles. The van der Waals surface area contributed by atoms with Gasteiger partial charge in [-0.25, -0.2) is 0 Å². The third kappa shape index (κ3) is 9.04. The highest BCUT2D eigenvalue weighted by Gasteiger charge is 2.39. The van der Waals surface area contributed by atoms with E-state index in [0.717, 1.165) is 24.1 Å². The molecule has 240 valence electrons. The standard InChI is InChI=1S/C39H46N4O2S/c1-6-37(44)40-24-15-25-43-35-23-22-32(46-5)26-34(35)39(3,4)36(43)21-14-13-20-33(29(2)41-27-30-16-9-7-10-17-30)38(45)42-28-31-18-11-8-12-19-31/h7-14,16-23,26,41H,2,6,15,24-25,27-28H2,1,3-5H3,(H,40,44)(H,42,45)/b14-13+,33-20+,36-21+. The molecule has 0 unspecified atom stereocenters. The highest BCUT2D eigenvalue weighted by molar-refractivity contribution is 7.98. The minimum Gasteiger partial charge on any atom is -0.381 e. The summed E-state index contributed by atoms with van der Waals surface area (Å²) < 4.78 is 0. The minimum absolute atomic E-state index is 0.0701. The van der Waals surface area contributed by atoms with Gasteiger partial charge in [0.15, 0.2) is 0 Å². The summed E-state index contributed by atoms with van der Waals surface area (Å²) in [6, 6.07) is 26.6. The predicted octanol–water partition coefficient (Wildman–Crippen LogP) is 7.41. The first-order valence-corrected chi connectivity index (χ1v) is 17.1. The second-order valence-electron chi connectivity index (χ2n) is 11.7. The zero-order chi connectivity index (χ0) is 32.9. The molecule has 2 amide bonds. The van der Waals surface area contributed by atoms with Crippen molar-refractivity contribution in [3.8, 4) is 0 Å². The summed E-state index contributed by atoms with van der Waals surface area (Å²) in [7, 11) is 0. The van der Waals surface area contributed by atoms with E-state index in [9.17, 15) is 9.59 Å². The molecule has 0 spiro atoms. The van der Waals surface area contributed by atoms with Crippen LogP contribution >= 0.6 is 11.8 Å². The maximum Gasteiger partial charge on any atom is 0.253 e. The quantitative estimate of drug-likeness (QED) is 0.0703. The van der Waals surface area contributed by atoms with Crippen molar-refractivity contribution in [2.45, 2.75) is 57.0 Å². The highest BCUT2D eigenvalue weighted by Crippen LogP contribution is 2.48. The van der Waals surface area contributed by atoms with Gasteiger partial charge in [0.05, 0.1) is 5.57 Å². The fraction of sp³-hybridized carbons (Fsp3) is 0.282. The zero-order valence-corrected chi connectivity index (χ0v) is 28.3. The second-order valence-corrected chi connectivity index (χ2v) is 12.6. The Bertz CT molecular complexity index is 1540. The number of carbonyl (C=O) groups is 2. The molecule has 46 heavy (non-hydrogen) atoms. The number of rotatable bonds is 15. The molecular weight excluding hydrogens is 589 g/mol. The van der Waals surface area contributed by atoms with E-state index in [0.29, 0.717) is 37.3 Å². The molecule has 0 saturated heterocycles. The summed E-state index contributed by atoms with van der Waals surface area (Å²) in [5, 5.41) is 9.38. The lowest BCUT2D eigenvalue weighted by Crippen LogP contribution is -2.30. The lowest BCUT2D eigenvalue weighted by molar-refractivity contribution is -0.120. The Balaban J connectivity index is 1.57. The number of anilines is 1. The van der Waals surface area contributed by atoms with Gasteiger partial charge in [-0.1, -0.05) is 100 Å². The number of amides is 2. The van der Waals surface area contributed by atoms with Crippen molar-refractivity contribution < 1.29 is 9.59 Å². The van der Waals surface area contributed by atoms with Crippen LogP contribution in [0.2, 0.25) is 0 Å². The van der Waals surface area contributed by atoms with Gasteiger partial charge >= 0.3 is 0 Å². The van der Waals surface area contributed by atoms with Crippen molar-refractivity contribution in [2.75, 3.05) is 24.2 Å². The van der Waals surface area contributed by atoms with E-state index in [1.165, 1.54) is 21.8 Å². The average molecular weight is 635 g/mol. The van der Waals surface area contributed by atoms with E-state index < -0.39 is 0 Å². The van der Waals surface area contributed by atoms with Crippen LogP contribution in [0.25, 0.3) is 0 Å². The normalized spacial score (nSPS) is 14.7. The predicted molar refractivity (Wildman–Crippen MR) is 193 cm³/mol. The van der Waals surface area contributed by atoms with E-state index in [1.54, 1.807) is 11.8 Å². The van der Waals surface area contributed by atoms with Gasteiger partial charge < -0.3 is 20.9 Å². The fourth-order valence-corrected chi connectivity index (χ4v) is 5.94. The van der Waals surface area contributed by atoms with Gasteiger partial charge in [0.2, 0.25) is 5.91 Å². The molecule has 0 radical (unpaired) electrons. The van der Waals surface area contributed by atoms with Gasteiger partial charge in [0.1, 0.15) is 0 Å². The van der Waals surface area contributed by atoms with Gasteiger partial charge in [0.25, 0.3) is 5.91 Å². The lowest BCUT2D eigenvalue weighted by atomic mass is 9.83. The number of fused-ring (bicyclic) bond motifs is 1. The Morgan fingerprint density at radius 3 is 2.17 bits per heavy atom. The van der Waals surface area contributed by atoms with Crippen molar-refractivity contribution in [3.05, 3.63) is 143 Å². The van der Waals surface area contributed by atoms with Crippen molar-refractivity contribution >= 4 is 29.3 Å². The SMILES string of the molecule is C=C(NCc1ccccc1)\C(=C/C=C/C=C1/N(CCCNC(=O)CC)c2ccc(SC)cc2C1(C)C)C(=O)NCc1ccccc1. The summed E-state index contributed by atoms with van der Waals surface area (Å²) in [4.78, 5) is 28.8. The van der Waals surface area contributed by atoms with Crippen LogP contribution in [0.1, 0.15) is 50.3 Å². The zero-order valence-electron chi connectivity index (χ0n) is 27.4. The molecule has 1 aliphatic rings. The van der Waals surface area contributed by atoms with Gasteiger partial charge in [-0.15, -0.1) is 11.8 Å². The van der Waals surface area contributed by atoms with E-state index in [-0.39, 0.29) is 17.2 Å². The van der Waals surface area contributed by atoms with Gasteiger partial charge in [0, 0.05) is 60.0 Å². The van der Waals surface area contributed by atoms with Gasteiger partial charge in [-0.05, 0) is 59.7 Å². The average Bonchev–Trinajstić information content (AvgIpc) is 3.29. The van der Waals surface area contributed by atoms with E-state index >= 15 is 0 Å². The van der Waals surface area contributed by atoms with Crippen molar-refractivity contribution in [1.29, 1.82) is 0 Å². The molecule has 0 bridgehead atoms. The van der Waals surface area contributed by atoms with Crippen LogP contribution in [0.3, 0.4) is 0 Å². The van der Waals surface area contributed by atoms with Crippen LogP contribution in [-0.2, 0) is 28.1 Å². The van der Waals surface area contributed by atoms with Crippen LogP contribution in [-0.4, -0.2) is 31.2 Å². The summed E-state index contributed by atoms with van der Waals surface area (Å²) in [6.45, 7) is 13.0. The molecule has 0 aromatic heterocycles. The number of nitrogens with one attached hydrogen (secondary N) is 3. The minimum atomic E-state index is -0.224. The first kappa shape index (κ1) is 34.4. The number of allylic oxidation sites excluding steroid dienone is 5. The molecule has 1 aliphatic heterocycles. The Morgan fingerprint density at radius 1 is 0.891 bits per heavy atom. The second kappa shape index (κ2) is 16.7. The van der Waals surface area contributed by atoms with Crippen LogP contribution in [0.5, 0.6) is 0 Å². The Kier molecular flexibility index (Phi) is 12.5. The Labute approximate surface area is 278 Å². The van der Waals surface area contributed by atoms with E-state index in [1.807, 2.05) is 85.8 Å². The molecule has 4 rings (SSSR count). The molecule has 0 saturated carbocycles. The molecule has 6 nitrogen and oxygen atoms in total. The van der Waals surface area contributed by atoms with Crippen molar-refractivity contribution in [3.63, 3.8) is 0 Å². The van der Waals surface area contributed by atoms with E-state index in [4.69, 9.17) is 0 Å². The molecule has 3 N–H and O–H groups in total. The third-order valence-corrected chi connectivity index (χ3v) is 8.87. The molecular formula is C39H46N4O2S. The molecule has 0 atom stereocenters. The topological polar surface area (TPSA) is 73.5 Å². The Hall–Kier alpha value is -4.49. The van der Waals surface area contributed by atoms with Crippen molar-refractivity contribution in [1.82, 2.24) is 16.0 Å². The molecule has 0 aliphatic carbocycles. The van der Waals surface area contributed by atoms with Crippen LogP contribution < -0.4 is 20.9 Å². The monoisotopic (exact) mass is 634 g/mol. The largest absolute Gasteiger partial charge is 0.381 e. The first-order valence-electron chi connectivity index (χ1n) is 15.9. The summed E-state index contributed by atoms with van der Waals surface area (Å²) >= 11 is 1.74. The van der Waals surface area contributed by atoms with Gasteiger partial charge in [-0.3, -0.25) is 9.59 Å². The van der Waals surface area contributed by atoms with E-state index in [2.05, 4.69) is 71.8 Å². The number of benzene rings is 3. The number of hydrogen-bond donors (Lipinski definition) is 3. The number of thioether (sulfide) groups is 1. The summed E-state index contributed by atoms with van der Waals surface area (Å²) in [5.41, 5.74) is 6.59. The maximum atomic E-state index is 13.4. The number of nitrogens with zero attached hydrogens (tertiary/aromatic N) is 1. The highest BCUT2D eigenvalue weighted by atomic mass is 32.2. The molecule has 0 fully saturated rings. The molecule has 1 heterocycles. The molecule has 3 aromatic rings. The summed E-state index contributed by atoms with van der Waals surface area (Å²) in [6.07, 6.45) is 11.3. The Morgan fingerprint density at radius 2 is 1.54 bits per heavy atom. The maximum absolute atomic E-state index is 13.4. The number of hydrogen-bond acceptors (Lipinski definition) is 5. The van der Waals surface area contributed by atoms with Gasteiger partial charge in [-0.2, -0.15) is 0 Å². The van der Waals surface area contributed by atoms with Crippen LogP contribution in [0.4, 0.5) is 5.69 Å². The lowest BCUT2D eigenvalue weighted by Gasteiger charge is -2.27. The third-order valence-electron chi connectivity index (χ3n) is 8.14. The number of carbonyl (C=O) groups excluding carboxylic acids is 2. The van der Waals surface area contributed by atoms with Crippen LogP contribution in [0, 0.1) is 0 Å². The summed E-state index contributed by atoms with van der Waals surface area (Å²) in [5.74, 6) is -0.124. The van der Waals surface area contributed by atoms with Crippen LogP contribution in [0.15, 0.2) is 132 Å².